The lowest BCUT2D eigenvalue weighted by molar-refractivity contribution is -0.136. The summed E-state index contributed by atoms with van der Waals surface area (Å²) in [4.78, 5) is 72.4. The number of phenolic OH excluding ortho intramolecular Hbond substituents is 1. The molecule has 0 saturated carbocycles. The Kier molecular flexibility index (Phi) is 11.9. The third-order valence-electron chi connectivity index (χ3n) is 7.64. The number of aromatic hydroxyl groups is 1. The number of para-hydroxylation sites is 2. The van der Waals surface area contributed by atoms with E-state index in [0.717, 1.165) is 0 Å². The highest BCUT2D eigenvalue weighted by molar-refractivity contribution is 6.08. The van der Waals surface area contributed by atoms with Crippen LogP contribution >= 0.6 is 0 Å². The van der Waals surface area contributed by atoms with E-state index in [1.54, 1.807) is 24.3 Å². The second kappa shape index (κ2) is 17.1. The summed E-state index contributed by atoms with van der Waals surface area (Å²) in [6.07, 6.45) is 0. The molecule has 0 unspecified atom stereocenters. The number of benzene rings is 4. The molecule has 2 aliphatic rings. The first-order valence-corrected chi connectivity index (χ1v) is 15.5. The molecule has 274 valence electrons. The number of phenols is 1. The number of rotatable bonds is 20. The van der Waals surface area contributed by atoms with E-state index in [1.807, 2.05) is 0 Å². The van der Waals surface area contributed by atoms with Gasteiger partial charge in [-0.25, -0.2) is 4.79 Å². The Bertz CT molecular complexity index is 2150. The molecule has 1 aliphatic heterocycles. The normalized spacial score (nSPS) is 10.6. The molecule has 53 heavy (non-hydrogen) atoms. The first kappa shape index (κ1) is 37.0. The smallest absolute Gasteiger partial charge is 0.336 e. The van der Waals surface area contributed by atoms with Gasteiger partial charge in [0.05, 0.1) is 16.9 Å². The van der Waals surface area contributed by atoms with Gasteiger partial charge in [-0.1, -0.05) is 12.1 Å². The minimum Gasteiger partial charge on any atom is -0.508 e. The molecular weight excluding hydrogens is 700 g/mol. The highest BCUT2D eigenvalue weighted by Crippen LogP contribution is 2.45. The number of fused-ring (bicyclic) bond motifs is 2. The quantitative estimate of drug-likeness (QED) is 0.0342. The number of aromatic carboxylic acids is 1. The lowest BCUT2D eigenvalue weighted by atomic mass is 9.90. The maximum absolute atomic E-state index is 12.9. The fourth-order valence-electron chi connectivity index (χ4n) is 5.51. The van der Waals surface area contributed by atoms with Crippen LogP contribution in [0.15, 0.2) is 82.0 Å². The molecule has 3 aromatic carbocycles. The van der Waals surface area contributed by atoms with Crippen LogP contribution < -0.4 is 24.7 Å². The molecule has 0 bridgehead atoms. The number of carbonyl (C=O) groups excluding carboxylic acids is 3. The highest BCUT2D eigenvalue weighted by Gasteiger charge is 2.26. The van der Waals surface area contributed by atoms with Gasteiger partial charge in [-0.05, 0) is 54.1 Å². The van der Waals surface area contributed by atoms with Gasteiger partial charge >= 0.3 is 11.9 Å². The summed E-state index contributed by atoms with van der Waals surface area (Å²) in [5, 5.41) is 30.4. The minimum absolute atomic E-state index is 0.0624. The van der Waals surface area contributed by atoms with Crippen molar-refractivity contribution in [2.45, 2.75) is 0 Å². The average Bonchev–Trinajstić information content (AvgIpc) is 3.14. The lowest BCUT2D eigenvalue weighted by Crippen LogP contribution is -2.32. The van der Waals surface area contributed by atoms with Crippen molar-refractivity contribution < 1.29 is 67.4 Å². The number of hydrogen-bond acceptors (Lipinski definition) is 15. The van der Waals surface area contributed by atoms with E-state index < -0.39 is 31.9 Å². The predicted molar refractivity (Wildman–Crippen MR) is 184 cm³/mol. The Morgan fingerprint density at radius 1 is 0.717 bits per heavy atom. The van der Waals surface area contributed by atoms with Crippen molar-refractivity contribution in [2.24, 2.45) is 0 Å². The summed E-state index contributed by atoms with van der Waals surface area (Å²) in [7, 11) is 0. The standard InChI is InChI=1S/C36H30N2O15/c39-19-48-16-37(15-34(44)45)28-3-1-2-4-30(28)51-9-10-52-33-14-27(36(46)47)26(13-29(33)38(17-49-20-40)18-50-21-41)35-24-7-5-22(42)11-31(24)53-32-12-23(43)6-8-25(32)35/h1-8,11-14,19-21,42H,9-10,15-18H2,(H,44,45)(H,46,47). The van der Waals surface area contributed by atoms with Crippen LogP contribution in [-0.2, 0) is 33.4 Å². The van der Waals surface area contributed by atoms with Gasteiger partial charge in [0.25, 0.3) is 19.4 Å². The molecule has 0 saturated heterocycles. The summed E-state index contributed by atoms with van der Waals surface area (Å²) in [5.41, 5.74) is 0.647. The van der Waals surface area contributed by atoms with Crippen molar-refractivity contribution in [2.75, 3.05) is 49.8 Å². The molecule has 0 atom stereocenters. The van der Waals surface area contributed by atoms with Gasteiger partial charge in [-0.15, -0.1) is 0 Å². The summed E-state index contributed by atoms with van der Waals surface area (Å²) in [6.45, 7) is -1.71. The molecule has 5 rings (SSSR count). The summed E-state index contributed by atoms with van der Waals surface area (Å²) >= 11 is 0. The van der Waals surface area contributed by atoms with Crippen LogP contribution in [0.2, 0.25) is 0 Å². The largest absolute Gasteiger partial charge is 0.508 e. The van der Waals surface area contributed by atoms with E-state index in [2.05, 4.69) is 0 Å². The predicted octanol–water partition coefficient (Wildman–Crippen LogP) is 3.52. The fraction of sp³-hybridized carbons (Fsp3) is 0.167. The lowest BCUT2D eigenvalue weighted by Gasteiger charge is -2.27. The third kappa shape index (κ3) is 8.72. The first-order chi connectivity index (χ1) is 25.6. The molecule has 1 heterocycles. The van der Waals surface area contributed by atoms with E-state index in [-0.39, 0.29) is 90.2 Å². The number of aliphatic carboxylic acids is 1. The number of carboxylic acid groups (broad SMARTS) is 2. The van der Waals surface area contributed by atoms with Crippen LogP contribution in [-0.4, -0.2) is 86.6 Å². The van der Waals surface area contributed by atoms with Gasteiger partial charge in [-0.2, -0.15) is 0 Å². The molecule has 3 N–H and O–H groups in total. The molecule has 0 radical (unpaired) electrons. The van der Waals surface area contributed by atoms with Crippen LogP contribution in [0.4, 0.5) is 11.4 Å². The Balaban J connectivity index is 1.58. The van der Waals surface area contributed by atoms with Crippen molar-refractivity contribution in [3.63, 3.8) is 0 Å². The van der Waals surface area contributed by atoms with Crippen LogP contribution in [0.3, 0.4) is 0 Å². The summed E-state index contributed by atoms with van der Waals surface area (Å²) < 4.78 is 32.5. The SMILES string of the molecule is O=COCN(COC=O)c1cc(-c2c3ccc(=O)cc-3oc3cc(O)ccc23)c(C(=O)O)cc1OCCOc1ccccc1N(COC=O)CC(=O)O. The monoisotopic (exact) mass is 730 g/mol. The van der Waals surface area contributed by atoms with Crippen molar-refractivity contribution in [3.05, 3.63) is 88.6 Å². The molecule has 0 fully saturated rings. The second-order valence-corrected chi connectivity index (χ2v) is 11.0. The highest BCUT2D eigenvalue weighted by atomic mass is 16.6. The molecule has 17 heteroatoms. The van der Waals surface area contributed by atoms with Gasteiger partial charge in [0.15, 0.2) is 25.6 Å². The molecule has 3 aromatic rings. The first-order valence-electron chi connectivity index (χ1n) is 15.5. The Labute approximate surface area is 299 Å². The van der Waals surface area contributed by atoms with Crippen molar-refractivity contribution >= 4 is 53.7 Å². The minimum atomic E-state index is -1.38. The molecule has 0 amide bonds. The number of hydrogen-bond donors (Lipinski definition) is 3. The number of nitrogens with zero attached hydrogens (tertiary/aromatic N) is 2. The Morgan fingerprint density at radius 3 is 2.04 bits per heavy atom. The number of anilines is 2. The zero-order valence-corrected chi connectivity index (χ0v) is 27.5. The molecule has 1 aliphatic carbocycles. The molecule has 17 nitrogen and oxygen atoms in total. The van der Waals surface area contributed by atoms with E-state index in [9.17, 15) is 44.1 Å². The molecule has 0 aromatic heterocycles. The van der Waals surface area contributed by atoms with Gasteiger partial charge < -0.3 is 53.2 Å². The fourth-order valence-corrected chi connectivity index (χ4v) is 5.51. The van der Waals surface area contributed by atoms with E-state index in [0.29, 0.717) is 22.2 Å². The van der Waals surface area contributed by atoms with Gasteiger partial charge in [0.2, 0.25) is 0 Å². The number of ether oxygens (including phenoxy) is 5. The van der Waals surface area contributed by atoms with Crippen LogP contribution in [0.5, 0.6) is 17.2 Å². The molecular formula is C36H30N2O15. The Morgan fingerprint density at radius 2 is 1.38 bits per heavy atom. The second-order valence-electron chi connectivity index (χ2n) is 11.0. The summed E-state index contributed by atoms with van der Waals surface area (Å²) in [6, 6.07) is 17.2. The maximum Gasteiger partial charge on any atom is 0.336 e. The van der Waals surface area contributed by atoms with Crippen molar-refractivity contribution in [1.29, 1.82) is 0 Å². The van der Waals surface area contributed by atoms with Crippen LogP contribution in [0.1, 0.15) is 10.4 Å². The topological polar surface area (TPSA) is 229 Å². The summed E-state index contributed by atoms with van der Waals surface area (Å²) in [5.74, 6) is -2.46. The van der Waals surface area contributed by atoms with E-state index in [4.69, 9.17) is 28.1 Å². The zero-order valence-electron chi connectivity index (χ0n) is 27.5. The van der Waals surface area contributed by atoms with Crippen molar-refractivity contribution in [3.8, 4) is 39.7 Å². The maximum atomic E-state index is 12.9. The number of carboxylic acids is 2. The Hall–Kier alpha value is -7.30. The van der Waals surface area contributed by atoms with E-state index >= 15 is 0 Å². The van der Waals surface area contributed by atoms with Crippen LogP contribution in [0.25, 0.3) is 33.4 Å². The number of carbonyl (C=O) groups is 5. The molecule has 0 spiro atoms. The average molecular weight is 731 g/mol. The van der Waals surface area contributed by atoms with E-state index in [1.165, 1.54) is 58.3 Å². The van der Waals surface area contributed by atoms with Gasteiger partial charge in [-0.3, -0.25) is 24.0 Å². The van der Waals surface area contributed by atoms with Gasteiger partial charge in [0, 0.05) is 28.6 Å². The van der Waals surface area contributed by atoms with Gasteiger partial charge in [0.1, 0.15) is 48.4 Å². The zero-order chi connectivity index (χ0) is 37.9. The van der Waals surface area contributed by atoms with Crippen LogP contribution in [0, 0.1) is 0 Å². The van der Waals surface area contributed by atoms with Crippen molar-refractivity contribution in [1.82, 2.24) is 0 Å². The third-order valence-corrected chi connectivity index (χ3v) is 7.64.